The molecule has 1 saturated heterocycles. The molecule has 12 nitrogen and oxygen atoms in total. The summed E-state index contributed by atoms with van der Waals surface area (Å²) < 4.78 is 34.1. The zero-order valence-electron chi connectivity index (χ0n) is 27.1. The van der Waals surface area contributed by atoms with Crippen LogP contribution in [0.25, 0.3) is 22.2 Å². The molecule has 1 unspecified atom stereocenters. The second-order valence-electron chi connectivity index (χ2n) is 13.4. The summed E-state index contributed by atoms with van der Waals surface area (Å²) in [6, 6.07) is 14.3. The van der Waals surface area contributed by atoms with Gasteiger partial charge >= 0.3 is 6.09 Å². The summed E-state index contributed by atoms with van der Waals surface area (Å²) in [5.41, 5.74) is 6.91. The van der Waals surface area contributed by atoms with Crippen molar-refractivity contribution in [2.24, 2.45) is 5.73 Å². The highest BCUT2D eigenvalue weighted by atomic mass is 35.5. The van der Waals surface area contributed by atoms with E-state index in [-0.39, 0.29) is 40.5 Å². The van der Waals surface area contributed by atoms with Gasteiger partial charge in [0, 0.05) is 41.8 Å². The fourth-order valence-corrected chi connectivity index (χ4v) is 8.02. The lowest BCUT2D eigenvalue weighted by Crippen LogP contribution is -2.51. The van der Waals surface area contributed by atoms with Gasteiger partial charge in [-0.15, -0.1) is 0 Å². The summed E-state index contributed by atoms with van der Waals surface area (Å²) in [4.78, 5) is 37.0. The first-order valence-electron chi connectivity index (χ1n) is 16.1. The largest absolute Gasteiger partial charge is 0.444 e. The lowest BCUT2D eigenvalue weighted by molar-refractivity contribution is -0.126. The molecule has 48 heavy (non-hydrogen) atoms. The molecule has 1 aliphatic carbocycles. The lowest BCUT2D eigenvalue weighted by Gasteiger charge is -2.32. The number of hydrogen-bond acceptors (Lipinski definition) is 9. The summed E-state index contributed by atoms with van der Waals surface area (Å²) in [6.07, 6.45) is 5.96. The molecule has 1 saturated carbocycles. The molecule has 2 aromatic carbocycles. The van der Waals surface area contributed by atoms with Crippen molar-refractivity contribution >= 4 is 50.5 Å². The van der Waals surface area contributed by atoms with Gasteiger partial charge in [0.1, 0.15) is 11.6 Å². The van der Waals surface area contributed by atoms with E-state index in [1.54, 1.807) is 69.4 Å². The van der Waals surface area contributed by atoms with Crippen molar-refractivity contribution in [3.63, 3.8) is 0 Å². The average molecular weight is 694 g/mol. The second kappa shape index (κ2) is 13.4. The number of halogens is 1. The van der Waals surface area contributed by atoms with Crippen LogP contribution in [0.5, 0.6) is 0 Å². The fourth-order valence-electron chi connectivity index (χ4n) is 6.44. The quantitative estimate of drug-likeness (QED) is 0.237. The van der Waals surface area contributed by atoms with Crippen molar-refractivity contribution in [2.75, 3.05) is 11.9 Å². The van der Waals surface area contributed by atoms with Crippen LogP contribution in [-0.2, 0) is 19.6 Å². The number of aromatic nitrogens is 3. The van der Waals surface area contributed by atoms with Crippen molar-refractivity contribution in [1.82, 2.24) is 24.2 Å². The number of para-hydroxylation sites is 1. The van der Waals surface area contributed by atoms with E-state index in [4.69, 9.17) is 27.1 Å². The highest BCUT2D eigenvalue weighted by molar-refractivity contribution is 7.90. The molecule has 0 spiro atoms. The summed E-state index contributed by atoms with van der Waals surface area (Å²) in [5, 5.41) is 7.49. The number of nitrogens with two attached hydrogens (primary N) is 1. The van der Waals surface area contributed by atoms with Crippen molar-refractivity contribution in [2.45, 2.75) is 87.5 Å². The Morgan fingerprint density at radius 2 is 1.73 bits per heavy atom. The van der Waals surface area contributed by atoms with E-state index < -0.39 is 27.8 Å². The van der Waals surface area contributed by atoms with Gasteiger partial charge in [0.25, 0.3) is 10.0 Å². The normalized spacial score (nSPS) is 21.6. The predicted molar refractivity (Wildman–Crippen MR) is 184 cm³/mol. The number of rotatable bonds is 7. The Balaban J connectivity index is 1.19. The number of carbonyl (C=O) groups is 2. The first kappa shape index (κ1) is 33.7. The molecular formula is C34H40ClN7O5S. The highest BCUT2D eigenvalue weighted by Gasteiger charge is 2.41. The standard InChI is InChI=1S/C34H40ClN7O5S/c1-34(2,3)47-33(44)41-19-21(36)16-29(41)31(43)38-22-10-9-11-23(17-22)39-32-37-18-27(35)30(40-32)26-20-42(28-15-8-7-14-25(26)28)48(45,46)24-12-5-4-6-13-24/h4-8,12-15,18,20-23,29H,9-11,16-17,19,36H2,1-3H3,(H,38,43)(H,37,39,40)/t21-,22?,23+,29-/m0/s1. The SMILES string of the molecule is CC(C)(C)OC(=O)N1C[C@@H](N)C[C@H]1C(=O)NC1CCC[C@@H](Nc2ncc(Cl)c(-c3cn(S(=O)(=O)c4ccccc4)c4ccccc34)n2)C1. The summed E-state index contributed by atoms with van der Waals surface area (Å²) in [5.74, 6) is 0.0957. The third-order valence-corrected chi connectivity index (χ3v) is 10.6. The third kappa shape index (κ3) is 7.13. The number of likely N-dealkylation sites (tertiary alicyclic amines) is 1. The van der Waals surface area contributed by atoms with Crippen LogP contribution in [-0.4, -0.2) is 75.6 Å². The van der Waals surface area contributed by atoms with Gasteiger partial charge in [-0.05, 0) is 71.1 Å². The monoisotopic (exact) mass is 693 g/mol. The summed E-state index contributed by atoms with van der Waals surface area (Å²) in [7, 11) is -3.90. The number of carbonyl (C=O) groups excluding carboxylic acids is 2. The number of nitrogens with zero attached hydrogens (tertiary/aromatic N) is 4. The highest BCUT2D eigenvalue weighted by Crippen LogP contribution is 2.36. The molecular weight excluding hydrogens is 654 g/mol. The number of nitrogens with one attached hydrogen (secondary N) is 2. The Hall–Kier alpha value is -4.20. The molecule has 4 atom stereocenters. The molecule has 2 fully saturated rings. The number of ether oxygens (including phenoxy) is 1. The Morgan fingerprint density at radius 3 is 2.48 bits per heavy atom. The molecule has 2 aliphatic rings. The molecule has 2 amide bonds. The van der Waals surface area contributed by atoms with Crippen LogP contribution < -0.4 is 16.4 Å². The Bertz CT molecular complexity index is 1930. The van der Waals surface area contributed by atoms with Gasteiger partial charge in [0.05, 0.1) is 27.3 Å². The minimum atomic E-state index is -3.90. The van der Waals surface area contributed by atoms with Gasteiger partial charge in [-0.1, -0.05) is 48.0 Å². The average Bonchev–Trinajstić information content (AvgIpc) is 3.64. The maximum atomic E-state index is 13.6. The predicted octanol–water partition coefficient (Wildman–Crippen LogP) is 5.16. The number of amides is 2. The van der Waals surface area contributed by atoms with Crippen molar-refractivity contribution < 1.29 is 22.7 Å². The number of fused-ring (bicyclic) bond motifs is 1. The topological polar surface area (TPSA) is 162 Å². The van der Waals surface area contributed by atoms with E-state index in [9.17, 15) is 18.0 Å². The van der Waals surface area contributed by atoms with Crippen LogP contribution in [0.3, 0.4) is 0 Å². The van der Waals surface area contributed by atoms with Gasteiger partial charge in [-0.25, -0.2) is 27.2 Å². The zero-order chi connectivity index (χ0) is 34.2. The molecule has 14 heteroatoms. The molecule has 3 heterocycles. The Morgan fingerprint density at radius 1 is 1.02 bits per heavy atom. The van der Waals surface area contributed by atoms with Gasteiger partial charge < -0.3 is 21.1 Å². The minimum absolute atomic E-state index is 0.0503. The van der Waals surface area contributed by atoms with Crippen molar-refractivity contribution in [3.05, 3.63) is 72.0 Å². The second-order valence-corrected chi connectivity index (χ2v) is 15.6. The fraction of sp³-hybridized carbons (Fsp3) is 0.412. The first-order chi connectivity index (χ1) is 22.8. The van der Waals surface area contributed by atoms with Crippen molar-refractivity contribution in [1.29, 1.82) is 0 Å². The molecule has 2 aromatic heterocycles. The maximum absolute atomic E-state index is 13.6. The lowest BCUT2D eigenvalue weighted by atomic mass is 9.90. The van der Waals surface area contributed by atoms with E-state index in [1.165, 1.54) is 15.1 Å². The molecule has 1 aliphatic heterocycles. The van der Waals surface area contributed by atoms with E-state index in [1.807, 2.05) is 12.1 Å². The van der Waals surface area contributed by atoms with Crippen molar-refractivity contribution in [3.8, 4) is 11.3 Å². The first-order valence-corrected chi connectivity index (χ1v) is 17.9. The van der Waals surface area contributed by atoms with Crippen LogP contribution >= 0.6 is 11.6 Å². The molecule has 6 rings (SSSR count). The number of hydrogen-bond donors (Lipinski definition) is 3. The van der Waals surface area contributed by atoms with Crippen LogP contribution in [0, 0.1) is 0 Å². The van der Waals surface area contributed by atoms with E-state index in [2.05, 4.69) is 15.6 Å². The summed E-state index contributed by atoms with van der Waals surface area (Å²) in [6.45, 7) is 5.61. The molecule has 254 valence electrons. The van der Waals surface area contributed by atoms with Gasteiger partial charge in [-0.2, -0.15) is 0 Å². The van der Waals surface area contributed by atoms with Gasteiger partial charge in [0.15, 0.2) is 0 Å². The number of benzene rings is 2. The summed E-state index contributed by atoms with van der Waals surface area (Å²) >= 11 is 6.63. The molecule has 0 bridgehead atoms. The third-order valence-electron chi connectivity index (χ3n) is 8.60. The van der Waals surface area contributed by atoms with Crippen LogP contribution in [0.1, 0.15) is 52.9 Å². The zero-order valence-corrected chi connectivity index (χ0v) is 28.7. The van der Waals surface area contributed by atoms with Crippen LogP contribution in [0.4, 0.5) is 10.7 Å². The molecule has 0 radical (unpaired) electrons. The van der Waals surface area contributed by atoms with E-state index in [0.29, 0.717) is 41.0 Å². The maximum Gasteiger partial charge on any atom is 0.411 e. The van der Waals surface area contributed by atoms with Crippen LogP contribution in [0.2, 0.25) is 5.02 Å². The molecule has 4 N–H and O–H groups in total. The number of anilines is 1. The smallest absolute Gasteiger partial charge is 0.411 e. The Labute approximate surface area is 285 Å². The Kier molecular flexibility index (Phi) is 9.38. The van der Waals surface area contributed by atoms with Gasteiger partial charge in [-0.3, -0.25) is 9.69 Å². The minimum Gasteiger partial charge on any atom is -0.444 e. The van der Waals surface area contributed by atoms with Gasteiger partial charge in [0.2, 0.25) is 11.9 Å². The van der Waals surface area contributed by atoms with Crippen LogP contribution in [0.15, 0.2) is 71.9 Å². The van der Waals surface area contributed by atoms with E-state index in [0.717, 1.165) is 19.3 Å². The van der Waals surface area contributed by atoms with E-state index >= 15 is 0 Å². The molecule has 4 aromatic rings.